The Morgan fingerprint density at radius 2 is 2.05 bits per heavy atom. The number of thiazole rings is 1. The SMILES string of the molecule is CCOC(=O)c1sc(NC(=O)c2ccc(C#N)cc2)nc1C. The van der Waals surface area contributed by atoms with Crippen LogP contribution in [0.25, 0.3) is 0 Å². The average Bonchev–Trinajstić information content (AvgIpc) is 2.88. The zero-order valence-corrected chi connectivity index (χ0v) is 12.9. The van der Waals surface area contributed by atoms with Crippen molar-refractivity contribution in [3.8, 4) is 6.07 Å². The Hall–Kier alpha value is -2.72. The Morgan fingerprint density at radius 1 is 1.36 bits per heavy atom. The van der Waals surface area contributed by atoms with Crippen molar-refractivity contribution >= 4 is 28.3 Å². The molecule has 0 saturated carbocycles. The van der Waals surface area contributed by atoms with Gasteiger partial charge in [-0.1, -0.05) is 11.3 Å². The van der Waals surface area contributed by atoms with Crippen molar-refractivity contribution in [1.82, 2.24) is 4.98 Å². The lowest BCUT2D eigenvalue weighted by atomic mass is 10.1. The summed E-state index contributed by atoms with van der Waals surface area (Å²) in [6, 6.07) is 8.22. The fraction of sp³-hybridized carbons (Fsp3) is 0.200. The van der Waals surface area contributed by atoms with Crippen molar-refractivity contribution in [2.45, 2.75) is 13.8 Å². The number of ether oxygens (including phenoxy) is 1. The van der Waals surface area contributed by atoms with Crippen LogP contribution in [0.15, 0.2) is 24.3 Å². The molecule has 6 nitrogen and oxygen atoms in total. The van der Waals surface area contributed by atoms with E-state index in [4.69, 9.17) is 10.00 Å². The maximum atomic E-state index is 12.1. The number of anilines is 1. The third-order valence-electron chi connectivity index (χ3n) is 2.75. The van der Waals surface area contributed by atoms with Gasteiger partial charge in [-0.05, 0) is 38.1 Å². The first kappa shape index (κ1) is 15.7. The second kappa shape index (κ2) is 6.83. The number of nitrogens with zero attached hydrogens (tertiary/aromatic N) is 2. The van der Waals surface area contributed by atoms with Crippen LogP contribution in [0.2, 0.25) is 0 Å². The lowest BCUT2D eigenvalue weighted by Crippen LogP contribution is -2.11. The highest BCUT2D eigenvalue weighted by Crippen LogP contribution is 2.24. The molecule has 0 aliphatic heterocycles. The van der Waals surface area contributed by atoms with Crippen LogP contribution in [0.5, 0.6) is 0 Å². The Bertz CT molecular complexity index is 744. The van der Waals surface area contributed by atoms with Gasteiger partial charge in [0.1, 0.15) is 4.88 Å². The van der Waals surface area contributed by atoms with Crippen LogP contribution in [0.4, 0.5) is 5.13 Å². The summed E-state index contributed by atoms with van der Waals surface area (Å²) in [7, 11) is 0. The van der Waals surface area contributed by atoms with Gasteiger partial charge < -0.3 is 4.74 Å². The van der Waals surface area contributed by atoms with E-state index in [0.29, 0.717) is 26.8 Å². The fourth-order valence-electron chi connectivity index (χ4n) is 1.70. The van der Waals surface area contributed by atoms with Crippen molar-refractivity contribution in [3.63, 3.8) is 0 Å². The minimum absolute atomic E-state index is 0.281. The summed E-state index contributed by atoms with van der Waals surface area (Å²) in [5.74, 6) is -0.801. The summed E-state index contributed by atoms with van der Waals surface area (Å²) in [5, 5.41) is 11.7. The van der Waals surface area contributed by atoms with Gasteiger partial charge in [-0.15, -0.1) is 0 Å². The average molecular weight is 315 g/mol. The number of hydrogen-bond acceptors (Lipinski definition) is 6. The van der Waals surface area contributed by atoms with Gasteiger partial charge in [0.25, 0.3) is 5.91 Å². The minimum Gasteiger partial charge on any atom is -0.462 e. The molecular weight excluding hydrogens is 302 g/mol. The molecule has 2 aromatic rings. The molecule has 1 aromatic carbocycles. The van der Waals surface area contributed by atoms with Gasteiger partial charge >= 0.3 is 5.97 Å². The maximum absolute atomic E-state index is 12.1. The van der Waals surface area contributed by atoms with Gasteiger partial charge in [0.15, 0.2) is 5.13 Å². The number of nitrogens with one attached hydrogen (secondary N) is 1. The van der Waals surface area contributed by atoms with Crippen LogP contribution in [0.1, 0.15) is 38.2 Å². The van der Waals surface area contributed by atoms with Crippen LogP contribution in [-0.4, -0.2) is 23.5 Å². The molecule has 0 bridgehead atoms. The van der Waals surface area contributed by atoms with E-state index in [-0.39, 0.29) is 12.5 Å². The Morgan fingerprint density at radius 3 is 2.64 bits per heavy atom. The van der Waals surface area contributed by atoms with Crippen molar-refractivity contribution < 1.29 is 14.3 Å². The number of carbonyl (C=O) groups is 2. The van der Waals surface area contributed by atoms with Crippen LogP contribution in [0.3, 0.4) is 0 Å². The van der Waals surface area contributed by atoms with Crippen LogP contribution < -0.4 is 5.32 Å². The molecule has 1 aromatic heterocycles. The number of benzene rings is 1. The smallest absolute Gasteiger partial charge is 0.350 e. The van der Waals surface area contributed by atoms with E-state index in [2.05, 4.69) is 10.3 Å². The summed E-state index contributed by atoms with van der Waals surface area (Å²) in [5.41, 5.74) is 1.40. The molecule has 2 rings (SSSR count). The number of carbonyl (C=O) groups excluding carboxylic acids is 2. The molecule has 0 saturated heterocycles. The molecule has 7 heteroatoms. The highest BCUT2D eigenvalue weighted by Gasteiger charge is 2.17. The first-order valence-corrected chi connectivity index (χ1v) is 7.33. The number of aryl methyl sites for hydroxylation is 1. The monoisotopic (exact) mass is 315 g/mol. The summed E-state index contributed by atoms with van der Waals surface area (Å²) in [6.07, 6.45) is 0. The van der Waals surface area contributed by atoms with Gasteiger partial charge in [-0.3, -0.25) is 10.1 Å². The molecule has 112 valence electrons. The predicted octanol–water partition coefficient (Wildman–Crippen LogP) is 2.75. The molecule has 0 fully saturated rings. The maximum Gasteiger partial charge on any atom is 0.350 e. The number of aromatic nitrogens is 1. The number of nitriles is 1. The number of hydrogen-bond donors (Lipinski definition) is 1. The summed E-state index contributed by atoms with van der Waals surface area (Å²) >= 11 is 1.07. The van der Waals surface area contributed by atoms with Gasteiger partial charge in [0.2, 0.25) is 0 Å². The van der Waals surface area contributed by atoms with Crippen molar-refractivity contribution in [1.29, 1.82) is 5.26 Å². The first-order chi connectivity index (χ1) is 10.5. The third-order valence-corrected chi connectivity index (χ3v) is 3.81. The Kier molecular flexibility index (Phi) is 4.86. The standard InChI is InChI=1S/C15H13N3O3S/c1-3-21-14(20)12-9(2)17-15(22-12)18-13(19)11-6-4-10(8-16)5-7-11/h4-7H,3H2,1-2H3,(H,17,18,19). The van der Waals surface area contributed by atoms with Crippen molar-refractivity contribution in [2.24, 2.45) is 0 Å². The zero-order valence-electron chi connectivity index (χ0n) is 12.0. The van der Waals surface area contributed by atoms with E-state index in [1.807, 2.05) is 6.07 Å². The molecule has 0 aliphatic carbocycles. The van der Waals surface area contributed by atoms with Gasteiger partial charge in [0, 0.05) is 5.56 Å². The Labute approximate surface area is 131 Å². The van der Waals surface area contributed by atoms with Crippen molar-refractivity contribution in [3.05, 3.63) is 46.0 Å². The number of amides is 1. The fourth-order valence-corrected chi connectivity index (χ4v) is 2.56. The zero-order chi connectivity index (χ0) is 16.1. The molecule has 1 heterocycles. The lowest BCUT2D eigenvalue weighted by Gasteiger charge is -2.01. The molecule has 1 N–H and O–H groups in total. The highest BCUT2D eigenvalue weighted by molar-refractivity contribution is 7.17. The summed E-state index contributed by atoms with van der Waals surface area (Å²) in [4.78, 5) is 28.3. The first-order valence-electron chi connectivity index (χ1n) is 6.51. The normalized spacial score (nSPS) is 9.86. The Balaban J connectivity index is 2.13. The molecule has 0 aliphatic rings. The van der Waals surface area contributed by atoms with E-state index in [9.17, 15) is 9.59 Å². The highest BCUT2D eigenvalue weighted by atomic mass is 32.1. The quantitative estimate of drug-likeness (QED) is 0.876. The minimum atomic E-state index is -0.448. The third kappa shape index (κ3) is 3.48. The van der Waals surface area contributed by atoms with E-state index in [1.165, 1.54) is 0 Å². The van der Waals surface area contributed by atoms with E-state index >= 15 is 0 Å². The van der Waals surface area contributed by atoms with E-state index in [1.54, 1.807) is 38.1 Å². The topological polar surface area (TPSA) is 92.1 Å². The summed E-state index contributed by atoms with van der Waals surface area (Å²) < 4.78 is 4.93. The van der Waals surface area contributed by atoms with Gasteiger partial charge in [-0.25, -0.2) is 9.78 Å². The van der Waals surface area contributed by atoms with Crippen LogP contribution >= 0.6 is 11.3 Å². The second-order valence-electron chi connectivity index (χ2n) is 4.30. The van der Waals surface area contributed by atoms with Crippen LogP contribution in [0, 0.1) is 18.3 Å². The van der Waals surface area contributed by atoms with Crippen molar-refractivity contribution in [2.75, 3.05) is 11.9 Å². The predicted molar refractivity (Wildman–Crippen MR) is 81.9 cm³/mol. The van der Waals surface area contributed by atoms with Crippen LogP contribution in [-0.2, 0) is 4.74 Å². The van der Waals surface area contributed by atoms with E-state index < -0.39 is 5.97 Å². The second-order valence-corrected chi connectivity index (χ2v) is 5.30. The molecule has 0 atom stereocenters. The van der Waals surface area contributed by atoms with E-state index in [0.717, 1.165) is 11.3 Å². The molecule has 22 heavy (non-hydrogen) atoms. The number of esters is 1. The lowest BCUT2D eigenvalue weighted by molar-refractivity contribution is 0.0531. The number of rotatable bonds is 4. The largest absolute Gasteiger partial charge is 0.462 e. The molecular formula is C15H13N3O3S. The van der Waals surface area contributed by atoms with Gasteiger partial charge in [0.05, 0.1) is 23.9 Å². The molecule has 0 radical (unpaired) electrons. The molecule has 0 spiro atoms. The van der Waals surface area contributed by atoms with Gasteiger partial charge in [-0.2, -0.15) is 5.26 Å². The molecule has 1 amide bonds. The molecule has 0 unspecified atom stereocenters. The summed E-state index contributed by atoms with van der Waals surface area (Å²) in [6.45, 7) is 3.69.